The molecule has 15 heavy (non-hydrogen) atoms. The van der Waals surface area contributed by atoms with Gasteiger partial charge in [-0.15, -0.1) is 11.8 Å². The number of aliphatic hydroxyl groups is 4. The molecule has 1 fully saturated rings. The van der Waals surface area contributed by atoms with E-state index in [1.165, 1.54) is 6.92 Å². The molecule has 0 spiro atoms. The molecule has 0 amide bonds. The summed E-state index contributed by atoms with van der Waals surface area (Å²) >= 11 is 0.701. The zero-order valence-electron chi connectivity index (χ0n) is 11.3. The maximum absolute atomic E-state index is 9.72. The predicted octanol–water partition coefficient (Wildman–Crippen LogP) is -1.07. The number of hydrogen-bond donors (Lipinski definition) is 4. The van der Waals surface area contributed by atoms with Gasteiger partial charge >= 0.3 is 0 Å². The van der Waals surface area contributed by atoms with E-state index in [4.69, 9.17) is 14.0 Å². The molecule has 1 heterocycles. The molecule has 0 aromatic heterocycles. The SMILES string of the molecule is [3H]C([3H])C([3H])(C)SC1O[C@H](CO)[C@H](O)[C@H](O)[C@H]1O. The van der Waals surface area contributed by atoms with Gasteiger partial charge in [-0.3, -0.25) is 0 Å². The van der Waals surface area contributed by atoms with Crippen LogP contribution in [0.2, 0.25) is 0 Å². The van der Waals surface area contributed by atoms with Gasteiger partial charge in [0.15, 0.2) is 0 Å². The lowest BCUT2D eigenvalue weighted by molar-refractivity contribution is -0.205. The highest BCUT2D eigenvalue weighted by Gasteiger charge is 2.43. The Bertz CT molecular complexity index is 279. The Morgan fingerprint density at radius 3 is 2.60 bits per heavy atom. The van der Waals surface area contributed by atoms with E-state index in [1.54, 1.807) is 0 Å². The zero-order valence-corrected chi connectivity index (χ0v) is 9.09. The van der Waals surface area contributed by atoms with Crippen LogP contribution in [0.25, 0.3) is 0 Å². The first-order valence-corrected chi connectivity index (χ1v) is 5.41. The Hall–Kier alpha value is 0.150. The Morgan fingerprint density at radius 2 is 2.07 bits per heavy atom. The fraction of sp³-hybridized carbons (Fsp3) is 1.00. The maximum atomic E-state index is 9.72. The molecule has 4 N–H and O–H groups in total. The van der Waals surface area contributed by atoms with Gasteiger partial charge in [0, 0.05) is 9.34 Å². The first-order valence-electron chi connectivity index (χ1n) is 6.19. The van der Waals surface area contributed by atoms with Gasteiger partial charge in [-0.1, -0.05) is 13.8 Å². The molecule has 0 aliphatic carbocycles. The standard InChI is InChI=1S/C9H18O5S/c1-4(2)15-9-8(13)7(12)6(11)5(3-10)14-9/h4-13H,3H2,1-2H3/t5-,6+,7+,8-,9?/m1/s1/i1T2,4T/t4?,5-,6+,7+,8-,9?. The summed E-state index contributed by atoms with van der Waals surface area (Å²) < 4.78 is 27.3. The summed E-state index contributed by atoms with van der Waals surface area (Å²) in [7, 11) is 0. The van der Waals surface area contributed by atoms with E-state index in [9.17, 15) is 15.3 Å². The maximum Gasteiger partial charge on any atom is 0.132 e. The zero-order chi connectivity index (χ0) is 14.1. The normalized spacial score (nSPS) is 49.2. The molecule has 1 rings (SSSR count). The van der Waals surface area contributed by atoms with Gasteiger partial charge in [-0.2, -0.15) is 0 Å². The van der Waals surface area contributed by atoms with Crippen LogP contribution in [0.1, 0.15) is 17.9 Å². The Balaban J connectivity index is 2.76. The molecule has 2 unspecified atom stereocenters. The van der Waals surface area contributed by atoms with Crippen LogP contribution in [0.5, 0.6) is 0 Å². The first-order chi connectivity index (χ1) is 8.20. The Labute approximate surface area is 97.3 Å². The molecule has 0 bridgehead atoms. The van der Waals surface area contributed by atoms with Crippen molar-refractivity contribution in [2.24, 2.45) is 0 Å². The molecule has 90 valence electrons. The summed E-state index contributed by atoms with van der Waals surface area (Å²) in [6.07, 6.45) is -5.43. The number of rotatable bonds is 3. The van der Waals surface area contributed by atoms with Crippen molar-refractivity contribution < 1.29 is 29.3 Å². The lowest BCUT2D eigenvalue weighted by atomic mass is 10.0. The minimum atomic E-state index is -1.56. The average Bonchev–Trinajstić information content (AvgIpc) is 2.29. The number of thioether (sulfide) groups is 1. The van der Waals surface area contributed by atoms with Crippen molar-refractivity contribution in [1.29, 1.82) is 0 Å². The van der Waals surface area contributed by atoms with Gasteiger partial charge < -0.3 is 25.2 Å². The summed E-state index contributed by atoms with van der Waals surface area (Å²) in [6.45, 7) is -0.694. The quantitative estimate of drug-likeness (QED) is 0.505. The average molecular weight is 244 g/mol. The van der Waals surface area contributed by atoms with Crippen LogP contribution in [0, 0.1) is 0 Å². The summed E-state index contributed by atoms with van der Waals surface area (Å²) in [4.78, 5) is 0. The highest BCUT2D eigenvalue weighted by molar-refractivity contribution is 8.00. The lowest BCUT2D eigenvalue weighted by Crippen LogP contribution is -2.57. The smallest absolute Gasteiger partial charge is 0.132 e. The van der Waals surface area contributed by atoms with Gasteiger partial charge in [0.25, 0.3) is 0 Å². The van der Waals surface area contributed by atoms with Crippen molar-refractivity contribution in [3.05, 3.63) is 0 Å². The molecule has 6 heteroatoms. The number of hydrogen-bond acceptors (Lipinski definition) is 6. The van der Waals surface area contributed by atoms with Crippen LogP contribution >= 0.6 is 11.8 Å². The Morgan fingerprint density at radius 1 is 1.40 bits per heavy atom. The van der Waals surface area contributed by atoms with Crippen molar-refractivity contribution in [2.75, 3.05) is 6.61 Å². The monoisotopic (exact) mass is 244 g/mol. The summed E-state index contributed by atoms with van der Waals surface area (Å²) in [5.74, 6) is 0. The summed E-state index contributed by atoms with van der Waals surface area (Å²) in [5.41, 5.74) is -1.08. The summed E-state index contributed by atoms with van der Waals surface area (Å²) in [5, 5.41) is 36.2. The third kappa shape index (κ3) is 3.05. The molecule has 0 radical (unpaired) electrons. The molecular weight excluding hydrogens is 220 g/mol. The van der Waals surface area contributed by atoms with Crippen molar-refractivity contribution >= 4 is 11.8 Å². The third-order valence-electron chi connectivity index (χ3n) is 2.15. The topological polar surface area (TPSA) is 90.2 Å². The van der Waals surface area contributed by atoms with E-state index in [0.29, 0.717) is 11.8 Å². The predicted molar refractivity (Wildman–Crippen MR) is 56.5 cm³/mol. The molecule has 0 aromatic rings. The highest BCUT2D eigenvalue weighted by Crippen LogP contribution is 2.30. The van der Waals surface area contributed by atoms with Crippen LogP contribution in [0.4, 0.5) is 0 Å². The molecule has 0 saturated carbocycles. The van der Waals surface area contributed by atoms with Crippen LogP contribution in [0.3, 0.4) is 0 Å². The molecule has 1 saturated heterocycles. The Kier molecular flexibility index (Phi) is 3.36. The van der Waals surface area contributed by atoms with E-state index in [0.717, 1.165) is 0 Å². The van der Waals surface area contributed by atoms with Gasteiger partial charge in [0.2, 0.25) is 0 Å². The van der Waals surface area contributed by atoms with Crippen LogP contribution in [-0.4, -0.2) is 62.1 Å². The van der Waals surface area contributed by atoms with Crippen LogP contribution in [-0.2, 0) is 4.74 Å². The van der Waals surface area contributed by atoms with E-state index in [2.05, 4.69) is 0 Å². The van der Waals surface area contributed by atoms with Gasteiger partial charge in [-0.05, 0) is 0 Å². The number of ether oxygens (including phenoxy) is 1. The van der Waals surface area contributed by atoms with Crippen LogP contribution in [0.15, 0.2) is 0 Å². The molecule has 0 aromatic carbocycles. The van der Waals surface area contributed by atoms with Gasteiger partial charge in [-0.25, -0.2) is 0 Å². The van der Waals surface area contributed by atoms with Gasteiger partial charge in [0.05, 0.1) is 6.61 Å². The van der Waals surface area contributed by atoms with Crippen LogP contribution < -0.4 is 0 Å². The molecule has 1 aliphatic rings. The minimum Gasteiger partial charge on any atom is -0.394 e. The van der Waals surface area contributed by atoms with E-state index in [-0.39, 0.29) is 0 Å². The van der Waals surface area contributed by atoms with Crippen molar-refractivity contribution in [3.63, 3.8) is 0 Å². The second-order valence-corrected chi connectivity index (χ2v) is 4.77. The minimum absolute atomic E-state index is 0.540. The highest BCUT2D eigenvalue weighted by atomic mass is 32.2. The van der Waals surface area contributed by atoms with E-state index in [1.807, 2.05) is 0 Å². The van der Waals surface area contributed by atoms with Crippen molar-refractivity contribution in [2.45, 2.75) is 48.9 Å². The molecular formula is C9H18O5S. The largest absolute Gasteiger partial charge is 0.394 e. The second-order valence-electron chi connectivity index (χ2n) is 3.43. The van der Waals surface area contributed by atoms with Crippen molar-refractivity contribution in [3.8, 4) is 0 Å². The third-order valence-corrected chi connectivity index (χ3v) is 3.14. The molecule has 1 aliphatic heterocycles. The van der Waals surface area contributed by atoms with Crippen molar-refractivity contribution in [1.82, 2.24) is 0 Å². The van der Waals surface area contributed by atoms with E-state index < -0.39 is 48.6 Å². The lowest BCUT2D eigenvalue weighted by Gasteiger charge is -2.40. The fourth-order valence-electron chi connectivity index (χ4n) is 1.35. The molecule has 5 nitrogen and oxygen atoms in total. The van der Waals surface area contributed by atoms with Gasteiger partial charge in [0.1, 0.15) is 29.9 Å². The second kappa shape index (κ2) is 5.47. The fourth-order valence-corrected chi connectivity index (χ4v) is 2.21. The molecule has 6 atom stereocenters. The first kappa shape index (κ1) is 9.21. The van der Waals surface area contributed by atoms with E-state index >= 15 is 0 Å². The number of aliphatic hydroxyl groups excluding tert-OH is 4. The summed E-state index contributed by atoms with van der Waals surface area (Å²) in [6, 6.07) is 0.